The van der Waals surface area contributed by atoms with E-state index in [2.05, 4.69) is 50.8 Å². The zero-order valence-corrected chi connectivity index (χ0v) is 13.4. The second kappa shape index (κ2) is 8.98. The Kier molecular flexibility index (Phi) is 7.63. The highest BCUT2D eigenvalue weighted by atomic mass is 16.5. The predicted octanol–water partition coefficient (Wildman–Crippen LogP) is 3.17. The van der Waals surface area contributed by atoms with Crippen molar-refractivity contribution in [2.75, 3.05) is 26.3 Å². The molecule has 0 spiro atoms. The number of rotatable bonds is 9. The average molecular weight is 279 g/mol. The number of hydrogen-bond donors (Lipinski definition) is 1. The number of aliphatic hydroxyl groups is 1. The maximum absolute atomic E-state index is 9.18. The van der Waals surface area contributed by atoms with E-state index in [1.54, 1.807) is 0 Å². The van der Waals surface area contributed by atoms with E-state index in [-0.39, 0.29) is 6.61 Å². The molecule has 114 valence electrons. The smallest absolute Gasteiger partial charge is 0.119 e. The van der Waals surface area contributed by atoms with Crippen LogP contribution in [0.15, 0.2) is 18.2 Å². The zero-order chi connectivity index (χ0) is 15.0. The molecule has 0 atom stereocenters. The standard InChI is InChI=1S/C17H29NO2/c1-5-16(6-2)18(7-9-19)8-10-20-17-12-14(3)11-15(4)13-17/h11-13,16,19H,5-10H2,1-4H3. The molecule has 0 fully saturated rings. The topological polar surface area (TPSA) is 32.7 Å². The number of ether oxygens (including phenoxy) is 1. The highest BCUT2D eigenvalue weighted by Crippen LogP contribution is 2.16. The Morgan fingerprint density at radius 2 is 1.65 bits per heavy atom. The van der Waals surface area contributed by atoms with E-state index < -0.39 is 0 Å². The highest BCUT2D eigenvalue weighted by molar-refractivity contribution is 5.32. The fourth-order valence-electron chi connectivity index (χ4n) is 2.71. The lowest BCUT2D eigenvalue weighted by Gasteiger charge is -2.29. The number of aryl methyl sites for hydroxylation is 2. The summed E-state index contributed by atoms with van der Waals surface area (Å²) in [6.07, 6.45) is 2.22. The lowest BCUT2D eigenvalue weighted by atomic mass is 10.1. The normalized spacial score (nSPS) is 11.3. The van der Waals surface area contributed by atoms with Gasteiger partial charge in [-0.2, -0.15) is 0 Å². The summed E-state index contributed by atoms with van der Waals surface area (Å²) in [5, 5.41) is 9.18. The van der Waals surface area contributed by atoms with Gasteiger partial charge in [0.15, 0.2) is 0 Å². The van der Waals surface area contributed by atoms with Gasteiger partial charge in [-0.1, -0.05) is 19.9 Å². The molecule has 1 aromatic rings. The summed E-state index contributed by atoms with van der Waals surface area (Å²) >= 11 is 0. The van der Waals surface area contributed by atoms with Crippen molar-refractivity contribution in [3.63, 3.8) is 0 Å². The van der Waals surface area contributed by atoms with Crippen LogP contribution in [0.5, 0.6) is 5.75 Å². The first-order chi connectivity index (χ1) is 9.60. The van der Waals surface area contributed by atoms with Crippen molar-refractivity contribution in [3.05, 3.63) is 29.3 Å². The van der Waals surface area contributed by atoms with Gasteiger partial charge in [-0.05, 0) is 49.9 Å². The van der Waals surface area contributed by atoms with Crippen LogP contribution in [0, 0.1) is 13.8 Å². The molecule has 0 aliphatic heterocycles. The van der Waals surface area contributed by atoms with E-state index in [4.69, 9.17) is 4.74 Å². The number of benzene rings is 1. The Labute approximate surface area is 123 Å². The van der Waals surface area contributed by atoms with Gasteiger partial charge in [-0.3, -0.25) is 4.90 Å². The minimum atomic E-state index is 0.208. The summed E-state index contributed by atoms with van der Waals surface area (Å²) in [6.45, 7) is 11.0. The van der Waals surface area contributed by atoms with Crippen LogP contribution in [0.1, 0.15) is 37.8 Å². The molecular weight excluding hydrogens is 250 g/mol. The van der Waals surface area contributed by atoms with Gasteiger partial charge in [0, 0.05) is 19.1 Å². The third kappa shape index (κ3) is 5.51. The van der Waals surface area contributed by atoms with Crippen LogP contribution in [0.25, 0.3) is 0 Å². The first kappa shape index (κ1) is 17.0. The first-order valence-corrected chi connectivity index (χ1v) is 7.66. The molecule has 0 bridgehead atoms. The van der Waals surface area contributed by atoms with Gasteiger partial charge in [0.25, 0.3) is 0 Å². The lowest BCUT2D eigenvalue weighted by molar-refractivity contribution is 0.122. The van der Waals surface area contributed by atoms with E-state index in [1.165, 1.54) is 11.1 Å². The van der Waals surface area contributed by atoms with Crippen molar-refractivity contribution in [3.8, 4) is 5.75 Å². The summed E-state index contributed by atoms with van der Waals surface area (Å²) in [5.41, 5.74) is 2.46. The molecule has 0 heterocycles. The Morgan fingerprint density at radius 1 is 1.05 bits per heavy atom. The van der Waals surface area contributed by atoms with Crippen LogP contribution in [0.3, 0.4) is 0 Å². The average Bonchev–Trinajstić information content (AvgIpc) is 2.39. The van der Waals surface area contributed by atoms with Crippen molar-refractivity contribution < 1.29 is 9.84 Å². The molecule has 0 unspecified atom stereocenters. The Hall–Kier alpha value is -1.06. The molecule has 0 amide bonds. The van der Waals surface area contributed by atoms with Crippen molar-refractivity contribution in [2.24, 2.45) is 0 Å². The minimum absolute atomic E-state index is 0.208. The SMILES string of the molecule is CCC(CC)N(CCO)CCOc1cc(C)cc(C)c1. The summed E-state index contributed by atoms with van der Waals surface area (Å²) in [4.78, 5) is 2.32. The summed E-state index contributed by atoms with van der Waals surface area (Å²) in [7, 11) is 0. The Bertz CT molecular complexity index is 368. The third-order valence-corrected chi connectivity index (χ3v) is 3.69. The van der Waals surface area contributed by atoms with Crippen molar-refractivity contribution in [1.82, 2.24) is 4.90 Å². The first-order valence-electron chi connectivity index (χ1n) is 7.66. The molecule has 0 aromatic heterocycles. The second-order valence-corrected chi connectivity index (χ2v) is 5.40. The third-order valence-electron chi connectivity index (χ3n) is 3.69. The molecule has 0 saturated heterocycles. The van der Waals surface area contributed by atoms with Gasteiger partial charge in [0.2, 0.25) is 0 Å². The van der Waals surface area contributed by atoms with E-state index in [0.29, 0.717) is 12.6 Å². The van der Waals surface area contributed by atoms with Gasteiger partial charge in [0.1, 0.15) is 12.4 Å². The Balaban J connectivity index is 2.51. The maximum Gasteiger partial charge on any atom is 0.119 e. The van der Waals surface area contributed by atoms with Crippen LogP contribution in [-0.2, 0) is 0 Å². The van der Waals surface area contributed by atoms with Gasteiger partial charge in [0.05, 0.1) is 6.61 Å². The fraction of sp³-hybridized carbons (Fsp3) is 0.647. The summed E-state index contributed by atoms with van der Waals surface area (Å²) in [5.74, 6) is 0.941. The molecule has 1 aromatic carbocycles. The molecule has 1 N–H and O–H groups in total. The van der Waals surface area contributed by atoms with Gasteiger partial charge in [-0.25, -0.2) is 0 Å². The fourth-order valence-corrected chi connectivity index (χ4v) is 2.71. The van der Waals surface area contributed by atoms with Crippen LogP contribution in [0.2, 0.25) is 0 Å². The zero-order valence-electron chi connectivity index (χ0n) is 13.4. The maximum atomic E-state index is 9.18. The number of hydrogen-bond acceptors (Lipinski definition) is 3. The van der Waals surface area contributed by atoms with Gasteiger partial charge >= 0.3 is 0 Å². The number of aliphatic hydroxyl groups excluding tert-OH is 1. The van der Waals surface area contributed by atoms with Crippen molar-refractivity contribution in [1.29, 1.82) is 0 Å². The predicted molar refractivity (Wildman–Crippen MR) is 84.4 cm³/mol. The van der Waals surface area contributed by atoms with E-state index in [9.17, 15) is 5.11 Å². The van der Waals surface area contributed by atoms with Crippen LogP contribution in [0.4, 0.5) is 0 Å². The van der Waals surface area contributed by atoms with Gasteiger partial charge < -0.3 is 9.84 Å². The molecule has 0 aliphatic carbocycles. The molecule has 0 aliphatic rings. The highest BCUT2D eigenvalue weighted by Gasteiger charge is 2.14. The number of nitrogens with zero attached hydrogens (tertiary/aromatic N) is 1. The monoisotopic (exact) mass is 279 g/mol. The molecule has 0 radical (unpaired) electrons. The largest absolute Gasteiger partial charge is 0.492 e. The van der Waals surface area contributed by atoms with Crippen LogP contribution < -0.4 is 4.74 Å². The second-order valence-electron chi connectivity index (χ2n) is 5.40. The van der Waals surface area contributed by atoms with Gasteiger partial charge in [-0.15, -0.1) is 0 Å². The molecule has 1 rings (SSSR count). The van der Waals surface area contributed by atoms with Crippen molar-refractivity contribution in [2.45, 2.75) is 46.6 Å². The molecule has 3 heteroatoms. The van der Waals surface area contributed by atoms with E-state index >= 15 is 0 Å². The van der Waals surface area contributed by atoms with Crippen LogP contribution in [-0.4, -0.2) is 42.4 Å². The summed E-state index contributed by atoms with van der Waals surface area (Å²) in [6, 6.07) is 6.82. The Morgan fingerprint density at radius 3 is 2.15 bits per heavy atom. The minimum Gasteiger partial charge on any atom is -0.492 e. The molecule has 20 heavy (non-hydrogen) atoms. The lowest BCUT2D eigenvalue weighted by Crippen LogP contribution is -2.39. The molecular formula is C17H29NO2. The molecule has 0 saturated carbocycles. The molecule has 3 nitrogen and oxygen atoms in total. The van der Waals surface area contributed by atoms with E-state index in [1.807, 2.05) is 0 Å². The van der Waals surface area contributed by atoms with Crippen molar-refractivity contribution >= 4 is 0 Å². The summed E-state index contributed by atoms with van der Waals surface area (Å²) < 4.78 is 5.86. The van der Waals surface area contributed by atoms with E-state index in [0.717, 1.165) is 31.7 Å². The quantitative estimate of drug-likeness (QED) is 0.753. The van der Waals surface area contributed by atoms with Crippen LogP contribution >= 0.6 is 0 Å².